The summed E-state index contributed by atoms with van der Waals surface area (Å²) in [4.78, 5) is 14.2. The number of carbonyl (C=O) groups is 1. The summed E-state index contributed by atoms with van der Waals surface area (Å²) >= 11 is 7.46. The number of carbonyl (C=O) groups excluding carboxylic acids is 1. The second kappa shape index (κ2) is 7.22. The Morgan fingerprint density at radius 1 is 1.33 bits per heavy atom. The summed E-state index contributed by atoms with van der Waals surface area (Å²) in [5, 5.41) is 0.306. The molecular weight excluding hydrogens is 373 g/mol. The van der Waals surface area contributed by atoms with Crippen LogP contribution in [0.1, 0.15) is 24.8 Å². The maximum absolute atomic E-state index is 14.0. The van der Waals surface area contributed by atoms with Gasteiger partial charge in [0, 0.05) is 21.9 Å². The van der Waals surface area contributed by atoms with Gasteiger partial charge in [-0.1, -0.05) is 17.7 Å². The first-order valence-corrected chi connectivity index (χ1v) is 11.1. The molecule has 1 atom stereocenters. The van der Waals surface area contributed by atoms with E-state index in [1.807, 2.05) is 0 Å². The summed E-state index contributed by atoms with van der Waals surface area (Å²) in [6, 6.07) is 4.64. The number of sulfone groups is 1. The molecule has 8 heteroatoms. The molecule has 3 rings (SSSR count). The van der Waals surface area contributed by atoms with E-state index in [0.717, 1.165) is 12.8 Å². The van der Waals surface area contributed by atoms with Crippen molar-refractivity contribution < 1.29 is 17.6 Å². The zero-order valence-electron chi connectivity index (χ0n) is 13.1. The summed E-state index contributed by atoms with van der Waals surface area (Å²) < 4.78 is 37.0. The molecule has 0 spiro atoms. The van der Waals surface area contributed by atoms with Crippen molar-refractivity contribution in [2.75, 3.05) is 17.3 Å². The van der Waals surface area contributed by atoms with Crippen LogP contribution in [0, 0.1) is 5.82 Å². The average molecular weight is 392 g/mol. The Labute approximate surface area is 150 Å². The highest BCUT2D eigenvalue weighted by molar-refractivity contribution is 8.02. The molecule has 2 fully saturated rings. The molecule has 1 aliphatic carbocycles. The molecular formula is C16H19ClFNO3S2. The van der Waals surface area contributed by atoms with Crippen molar-refractivity contribution in [1.82, 2.24) is 4.90 Å². The van der Waals surface area contributed by atoms with Crippen LogP contribution < -0.4 is 0 Å². The third-order valence-electron chi connectivity index (χ3n) is 4.33. The van der Waals surface area contributed by atoms with Crippen molar-refractivity contribution in [2.45, 2.75) is 37.1 Å². The van der Waals surface area contributed by atoms with Crippen molar-refractivity contribution in [1.29, 1.82) is 0 Å². The third-order valence-corrected chi connectivity index (χ3v) is 7.95. The van der Waals surface area contributed by atoms with E-state index in [-0.39, 0.29) is 41.0 Å². The highest BCUT2D eigenvalue weighted by atomic mass is 35.5. The molecule has 1 aromatic carbocycles. The summed E-state index contributed by atoms with van der Waals surface area (Å²) in [7, 11) is -2.94. The summed E-state index contributed by atoms with van der Waals surface area (Å²) in [5.74, 6) is 0.0911. The maximum Gasteiger partial charge on any atom is 0.233 e. The minimum Gasteiger partial charge on any atom is -0.335 e. The second-order valence-electron chi connectivity index (χ2n) is 6.29. The number of hydrogen-bond donors (Lipinski definition) is 0. The molecule has 2 aliphatic rings. The van der Waals surface area contributed by atoms with Gasteiger partial charge in [-0.2, -0.15) is 0 Å². The Kier molecular flexibility index (Phi) is 5.42. The Hall–Kier alpha value is -0.790. The van der Waals surface area contributed by atoms with Crippen LogP contribution in [0.25, 0.3) is 0 Å². The smallest absolute Gasteiger partial charge is 0.233 e. The van der Waals surface area contributed by atoms with Crippen molar-refractivity contribution in [3.05, 3.63) is 34.6 Å². The first-order valence-electron chi connectivity index (χ1n) is 7.90. The molecule has 0 N–H and O–H groups in total. The van der Waals surface area contributed by atoms with Crippen LogP contribution in [0.3, 0.4) is 0 Å². The fraction of sp³-hybridized carbons (Fsp3) is 0.562. The number of thioether (sulfide) groups is 1. The molecule has 0 radical (unpaired) electrons. The van der Waals surface area contributed by atoms with Crippen LogP contribution in [0.15, 0.2) is 18.2 Å². The average Bonchev–Trinajstić information content (AvgIpc) is 3.28. The topological polar surface area (TPSA) is 54.5 Å². The molecule has 1 saturated heterocycles. The van der Waals surface area contributed by atoms with E-state index >= 15 is 0 Å². The summed E-state index contributed by atoms with van der Waals surface area (Å²) in [6.07, 6.45) is 2.43. The molecule has 24 heavy (non-hydrogen) atoms. The number of amides is 1. The van der Waals surface area contributed by atoms with E-state index < -0.39 is 15.7 Å². The Bertz CT molecular complexity index is 717. The first kappa shape index (κ1) is 18.0. The van der Waals surface area contributed by atoms with E-state index in [9.17, 15) is 17.6 Å². The largest absolute Gasteiger partial charge is 0.335 e. The number of halogens is 2. The van der Waals surface area contributed by atoms with Gasteiger partial charge in [-0.05, 0) is 31.4 Å². The first-order chi connectivity index (χ1) is 11.4. The SMILES string of the molecule is O=C(CSC1CCS(=O)(=O)C1)N(Cc1c(F)cccc1Cl)C1CC1. The van der Waals surface area contributed by atoms with Gasteiger partial charge in [0.25, 0.3) is 0 Å². The lowest BCUT2D eigenvalue weighted by atomic mass is 10.2. The Balaban J connectivity index is 1.62. The standard InChI is InChI=1S/C16H19ClFNO3S2/c17-14-2-1-3-15(18)13(14)8-19(11-4-5-11)16(20)9-23-12-6-7-24(21,22)10-12/h1-3,11-12H,4-10H2. The highest BCUT2D eigenvalue weighted by Crippen LogP contribution is 2.32. The zero-order chi connectivity index (χ0) is 17.3. The molecule has 1 amide bonds. The quantitative estimate of drug-likeness (QED) is 0.748. The minimum absolute atomic E-state index is 0.0166. The van der Waals surface area contributed by atoms with Gasteiger partial charge >= 0.3 is 0 Å². The van der Waals surface area contributed by atoms with Gasteiger partial charge < -0.3 is 4.90 Å². The van der Waals surface area contributed by atoms with E-state index in [0.29, 0.717) is 17.0 Å². The zero-order valence-corrected chi connectivity index (χ0v) is 15.5. The lowest BCUT2D eigenvalue weighted by Crippen LogP contribution is -2.34. The number of nitrogens with zero attached hydrogens (tertiary/aromatic N) is 1. The third kappa shape index (κ3) is 4.43. The van der Waals surface area contributed by atoms with Crippen LogP contribution in [-0.2, 0) is 21.2 Å². The van der Waals surface area contributed by atoms with E-state index in [4.69, 9.17) is 11.6 Å². The fourth-order valence-corrected chi connectivity index (χ4v) is 6.58. The monoisotopic (exact) mass is 391 g/mol. The van der Waals surface area contributed by atoms with Crippen LogP contribution >= 0.6 is 23.4 Å². The summed E-state index contributed by atoms with van der Waals surface area (Å²) in [6.45, 7) is 0.165. The highest BCUT2D eigenvalue weighted by Gasteiger charge is 2.34. The van der Waals surface area contributed by atoms with Crippen LogP contribution in [0.5, 0.6) is 0 Å². The van der Waals surface area contributed by atoms with Gasteiger partial charge in [0.15, 0.2) is 9.84 Å². The molecule has 4 nitrogen and oxygen atoms in total. The summed E-state index contributed by atoms with van der Waals surface area (Å²) in [5.41, 5.74) is 0.341. The van der Waals surface area contributed by atoms with Gasteiger partial charge in [-0.25, -0.2) is 12.8 Å². The minimum atomic E-state index is -2.94. The molecule has 132 valence electrons. The maximum atomic E-state index is 14.0. The predicted molar refractivity (Wildman–Crippen MR) is 94.5 cm³/mol. The van der Waals surface area contributed by atoms with Gasteiger partial charge in [-0.3, -0.25) is 4.79 Å². The van der Waals surface area contributed by atoms with E-state index in [2.05, 4.69) is 0 Å². The fourth-order valence-electron chi connectivity index (χ4n) is 2.83. The van der Waals surface area contributed by atoms with Gasteiger partial charge in [0.05, 0.1) is 23.8 Å². The van der Waals surface area contributed by atoms with Crippen molar-refractivity contribution >= 4 is 39.1 Å². The number of rotatable bonds is 6. The van der Waals surface area contributed by atoms with Crippen molar-refractivity contribution in [3.8, 4) is 0 Å². The molecule has 0 aromatic heterocycles. The molecule has 1 unspecified atom stereocenters. The second-order valence-corrected chi connectivity index (χ2v) is 10.2. The van der Waals surface area contributed by atoms with Crippen LogP contribution in [0.4, 0.5) is 4.39 Å². The normalized spacial score (nSPS) is 22.5. The van der Waals surface area contributed by atoms with Crippen LogP contribution in [-0.4, -0.2) is 47.8 Å². The lowest BCUT2D eigenvalue weighted by molar-refractivity contribution is -0.129. The van der Waals surface area contributed by atoms with Crippen molar-refractivity contribution in [2.24, 2.45) is 0 Å². The van der Waals surface area contributed by atoms with E-state index in [1.54, 1.807) is 17.0 Å². The van der Waals surface area contributed by atoms with Crippen LogP contribution in [0.2, 0.25) is 5.02 Å². The molecule has 0 bridgehead atoms. The predicted octanol–water partition coefficient (Wildman–Crippen LogP) is 2.89. The molecule has 1 aromatic rings. The number of hydrogen-bond acceptors (Lipinski definition) is 4. The number of benzene rings is 1. The molecule has 1 saturated carbocycles. The lowest BCUT2D eigenvalue weighted by Gasteiger charge is -2.24. The molecule has 1 heterocycles. The Morgan fingerprint density at radius 3 is 2.67 bits per heavy atom. The van der Waals surface area contributed by atoms with Gasteiger partial charge in [0.2, 0.25) is 5.91 Å². The van der Waals surface area contributed by atoms with Gasteiger partial charge in [0.1, 0.15) is 5.82 Å². The van der Waals surface area contributed by atoms with E-state index in [1.165, 1.54) is 17.8 Å². The van der Waals surface area contributed by atoms with Gasteiger partial charge in [-0.15, -0.1) is 11.8 Å². The Morgan fingerprint density at radius 2 is 2.08 bits per heavy atom. The van der Waals surface area contributed by atoms with Crippen molar-refractivity contribution in [3.63, 3.8) is 0 Å². The molecule has 1 aliphatic heterocycles.